The normalized spacial score (nSPS) is 20.9. The van der Waals surface area contributed by atoms with E-state index in [0.717, 1.165) is 5.56 Å². The fourth-order valence-electron chi connectivity index (χ4n) is 2.27. The number of hydrogen-bond acceptors (Lipinski definition) is 4. The van der Waals surface area contributed by atoms with Gasteiger partial charge in [0.2, 0.25) is 5.91 Å². The molecule has 0 aromatic heterocycles. The van der Waals surface area contributed by atoms with Crippen LogP contribution in [0.25, 0.3) is 0 Å². The van der Waals surface area contributed by atoms with Gasteiger partial charge in [-0.05, 0) is 12.5 Å². The lowest BCUT2D eigenvalue weighted by atomic mass is 9.90. The molecule has 110 valence electrons. The number of carbonyl (C=O) groups excluding carboxylic acids is 1. The molecule has 1 aliphatic rings. The summed E-state index contributed by atoms with van der Waals surface area (Å²) in [5.41, 5.74) is 4.87. The molecule has 1 unspecified atom stereocenters. The summed E-state index contributed by atoms with van der Waals surface area (Å²) in [5, 5.41) is 13.1. The molecule has 0 aliphatic carbocycles. The van der Waals surface area contributed by atoms with Crippen molar-refractivity contribution in [1.29, 1.82) is 0 Å². The van der Waals surface area contributed by atoms with Gasteiger partial charge in [0.25, 0.3) is 0 Å². The summed E-state index contributed by atoms with van der Waals surface area (Å²) in [4.78, 5) is 12.3. The van der Waals surface area contributed by atoms with Gasteiger partial charge in [-0.15, -0.1) is 0 Å². The Hall–Kier alpha value is -1.43. The lowest BCUT2D eigenvalue weighted by Gasteiger charge is -2.33. The molecule has 5 heteroatoms. The smallest absolute Gasteiger partial charge is 0.244 e. The van der Waals surface area contributed by atoms with Crippen LogP contribution in [0.3, 0.4) is 0 Å². The zero-order valence-electron chi connectivity index (χ0n) is 11.8. The largest absolute Gasteiger partial charge is 0.388 e. The first-order valence-corrected chi connectivity index (χ1v) is 6.87. The monoisotopic (exact) mass is 278 g/mol. The second-order valence-electron chi connectivity index (χ2n) is 5.59. The van der Waals surface area contributed by atoms with E-state index in [2.05, 4.69) is 5.32 Å². The molecule has 1 aromatic carbocycles. The summed E-state index contributed by atoms with van der Waals surface area (Å²) in [6.07, 6.45) is 1.06. The van der Waals surface area contributed by atoms with Crippen LogP contribution in [-0.2, 0) is 15.1 Å². The molecule has 20 heavy (non-hydrogen) atoms. The van der Waals surface area contributed by atoms with Gasteiger partial charge < -0.3 is 20.9 Å². The van der Waals surface area contributed by atoms with E-state index in [1.54, 1.807) is 6.92 Å². The first-order chi connectivity index (χ1) is 9.44. The van der Waals surface area contributed by atoms with Crippen molar-refractivity contribution in [3.63, 3.8) is 0 Å². The highest BCUT2D eigenvalue weighted by Gasteiger charge is 2.34. The summed E-state index contributed by atoms with van der Waals surface area (Å²) < 4.78 is 5.21. The number of carbonyl (C=O) groups is 1. The predicted molar refractivity (Wildman–Crippen MR) is 76.0 cm³/mol. The van der Waals surface area contributed by atoms with Crippen molar-refractivity contribution in [3.8, 4) is 0 Å². The predicted octanol–water partition coefficient (Wildman–Crippen LogP) is 0.518. The van der Waals surface area contributed by atoms with Crippen molar-refractivity contribution in [2.75, 3.05) is 19.8 Å². The number of nitrogens with two attached hydrogens (primary N) is 1. The van der Waals surface area contributed by atoms with Crippen LogP contribution in [0.4, 0.5) is 0 Å². The Bertz CT molecular complexity index is 453. The molecule has 0 radical (unpaired) electrons. The number of amides is 1. The van der Waals surface area contributed by atoms with Gasteiger partial charge in [0.05, 0.1) is 5.60 Å². The topological polar surface area (TPSA) is 84.6 Å². The van der Waals surface area contributed by atoms with Crippen LogP contribution >= 0.6 is 0 Å². The second kappa shape index (κ2) is 5.91. The molecule has 1 aliphatic heterocycles. The Morgan fingerprint density at radius 2 is 2.00 bits per heavy atom. The van der Waals surface area contributed by atoms with Crippen molar-refractivity contribution in [2.45, 2.75) is 30.9 Å². The third kappa shape index (κ3) is 3.36. The van der Waals surface area contributed by atoms with Gasteiger partial charge in [-0.25, -0.2) is 0 Å². The van der Waals surface area contributed by atoms with E-state index in [4.69, 9.17) is 10.5 Å². The Balaban J connectivity index is 1.97. The van der Waals surface area contributed by atoms with E-state index in [1.165, 1.54) is 0 Å². The van der Waals surface area contributed by atoms with Gasteiger partial charge in [0.1, 0.15) is 5.54 Å². The Labute approximate surface area is 119 Å². The van der Waals surface area contributed by atoms with Gasteiger partial charge in [0, 0.05) is 32.6 Å². The third-order valence-electron chi connectivity index (χ3n) is 3.85. The number of rotatable bonds is 4. The summed E-state index contributed by atoms with van der Waals surface area (Å²) in [7, 11) is 0. The highest BCUT2D eigenvalue weighted by Crippen LogP contribution is 2.21. The van der Waals surface area contributed by atoms with Gasteiger partial charge in [-0.3, -0.25) is 4.79 Å². The Morgan fingerprint density at radius 1 is 1.40 bits per heavy atom. The van der Waals surface area contributed by atoms with Crippen molar-refractivity contribution in [3.05, 3.63) is 35.9 Å². The van der Waals surface area contributed by atoms with Crippen molar-refractivity contribution >= 4 is 5.91 Å². The highest BCUT2D eigenvalue weighted by atomic mass is 16.5. The minimum absolute atomic E-state index is 0.203. The van der Waals surface area contributed by atoms with Crippen LogP contribution in [0.5, 0.6) is 0 Å². The van der Waals surface area contributed by atoms with Gasteiger partial charge in [-0.2, -0.15) is 0 Å². The van der Waals surface area contributed by atoms with Gasteiger partial charge >= 0.3 is 0 Å². The third-order valence-corrected chi connectivity index (χ3v) is 3.85. The van der Waals surface area contributed by atoms with Crippen LogP contribution in [0.15, 0.2) is 30.3 Å². The van der Waals surface area contributed by atoms with E-state index in [-0.39, 0.29) is 12.5 Å². The molecule has 0 bridgehead atoms. The van der Waals surface area contributed by atoms with Gasteiger partial charge in [-0.1, -0.05) is 30.3 Å². The van der Waals surface area contributed by atoms with E-state index in [9.17, 15) is 9.90 Å². The lowest BCUT2D eigenvalue weighted by Crippen LogP contribution is -2.54. The molecule has 1 fully saturated rings. The molecule has 1 saturated heterocycles. The molecule has 5 nitrogen and oxygen atoms in total. The van der Waals surface area contributed by atoms with Crippen LogP contribution in [-0.4, -0.2) is 36.4 Å². The van der Waals surface area contributed by atoms with Gasteiger partial charge in [0.15, 0.2) is 0 Å². The number of benzene rings is 1. The summed E-state index contributed by atoms with van der Waals surface area (Å²) in [6.45, 7) is 2.91. The molecule has 4 N–H and O–H groups in total. The minimum atomic E-state index is -1.11. The fourth-order valence-corrected chi connectivity index (χ4v) is 2.27. The molecular weight excluding hydrogens is 256 g/mol. The first kappa shape index (κ1) is 15.0. The first-order valence-electron chi connectivity index (χ1n) is 6.87. The number of hydrogen-bond donors (Lipinski definition) is 3. The lowest BCUT2D eigenvalue weighted by molar-refractivity contribution is -0.128. The maximum absolute atomic E-state index is 12.3. The van der Waals surface area contributed by atoms with E-state index in [1.807, 2.05) is 30.3 Å². The van der Waals surface area contributed by atoms with Crippen LogP contribution in [0, 0.1) is 0 Å². The van der Waals surface area contributed by atoms with Crippen molar-refractivity contribution in [2.24, 2.45) is 5.73 Å². The summed E-state index contributed by atoms with van der Waals surface area (Å²) >= 11 is 0. The minimum Gasteiger partial charge on any atom is -0.388 e. The average Bonchev–Trinajstić information content (AvgIpc) is 2.46. The SMILES string of the molecule is CC(N)(C(=O)NCC1(O)CCOCC1)c1ccccc1. The summed E-state index contributed by atoms with van der Waals surface area (Å²) in [5.74, 6) is -0.288. The molecule has 0 saturated carbocycles. The van der Waals surface area contributed by atoms with E-state index < -0.39 is 11.1 Å². The fraction of sp³-hybridized carbons (Fsp3) is 0.533. The van der Waals surface area contributed by atoms with Crippen LogP contribution in [0.2, 0.25) is 0 Å². The maximum atomic E-state index is 12.3. The zero-order valence-corrected chi connectivity index (χ0v) is 11.8. The molecule has 0 spiro atoms. The molecule has 1 atom stereocenters. The van der Waals surface area contributed by atoms with E-state index in [0.29, 0.717) is 26.1 Å². The molecule has 2 rings (SSSR count). The average molecular weight is 278 g/mol. The number of nitrogens with one attached hydrogen (secondary N) is 1. The highest BCUT2D eigenvalue weighted by molar-refractivity contribution is 5.87. The standard InChI is InChI=1S/C15H22N2O3/c1-14(16,12-5-3-2-4-6-12)13(18)17-11-15(19)7-9-20-10-8-15/h2-6,19H,7-11,16H2,1H3,(H,17,18). The molecule has 1 aromatic rings. The summed E-state index contributed by atoms with van der Waals surface area (Å²) in [6, 6.07) is 9.22. The molecular formula is C15H22N2O3. The number of ether oxygens (including phenoxy) is 1. The quantitative estimate of drug-likeness (QED) is 0.749. The Kier molecular flexibility index (Phi) is 4.42. The van der Waals surface area contributed by atoms with Crippen LogP contribution < -0.4 is 11.1 Å². The zero-order chi connectivity index (χ0) is 14.6. The van der Waals surface area contributed by atoms with Crippen molar-refractivity contribution in [1.82, 2.24) is 5.32 Å². The molecule has 1 heterocycles. The maximum Gasteiger partial charge on any atom is 0.244 e. The van der Waals surface area contributed by atoms with E-state index >= 15 is 0 Å². The molecule has 1 amide bonds. The van der Waals surface area contributed by atoms with Crippen LogP contribution in [0.1, 0.15) is 25.3 Å². The Morgan fingerprint density at radius 3 is 2.60 bits per heavy atom. The van der Waals surface area contributed by atoms with Crippen molar-refractivity contribution < 1.29 is 14.6 Å². The number of aliphatic hydroxyl groups is 1. The second-order valence-corrected chi connectivity index (χ2v) is 5.59.